The van der Waals surface area contributed by atoms with Gasteiger partial charge >= 0.3 is 0 Å². The molecule has 1 aliphatic rings. The summed E-state index contributed by atoms with van der Waals surface area (Å²) in [6, 6.07) is 7.52. The van der Waals surface area contributed by atoms with Gasteiger partial charge < -0.3 is 14.6 Å². The molecule has 5 nitrogen and oxygen atoms in total. The first kappa shape index (κ1) is 16.3. The lowest BCUT2D eigenvalue weighted by molar-refractivity contribution is 0.0697. The third kappa shape index (κ3) is 3.50. The highest BCUT2D eigenvalue weighted by molar-refractivity contribution is 5.95. The van der Waals surface area contributed by atoms with Crippen LogP contribution >= 0.6 is 0 Å². The smallest absolute Gasteiger partial charge is 0.257 e. The number of aryl methyl sites for hydroxylation is 2. The largest absolute Gasteiger partial charge is 0.472 e. The molecule has 0 atom stereocenters. The van der Waals surface area contributed by atoms with Crippen LogP contribution in [0.4, 0.5) is 0 Å². The van der Waals surface area contributed by atoms with Gasteiger partial charge in [-0.15, -0.1) is 0 Å². The van der Waals surface area contributed by atoms with Crippen molar-refractivity contribution in [3.05, 3.63) is 59.0 Å². The van der Waals surface area contributed by atoms with E-state index in [0.717, 1.165) is 18.4 Å². The van der Waals surface area contributed by atoms with Crippen molar-refractivity contribution >= 4 is 11.8 Å². The second-order valence-electron chi connectivity index (χ2n) is 6.35. The van der Waals surface area contributed by atoms with Crippen molar-refractivity contribution in [3.8, 4) is 0 Å². The molecular formula is C19H22N2O3. The van der Waals surface area contributed by atoms with Crippen molar-refractivity contribution < 1.29 is 14.0 Å². The second-order valence-corrected chi connectivity index (χ2v) is 6.35. The molecule has 0 unspecified atom stereocenters. The third-order valence-corrected chi connectivity index (χ3v) is 4.65. The van der Waals surface area contributed by atoms with Crippen LogP contribution in [0.3, 0.4) is 0 Å². The van der Waals surface area contributed by atoms with Gasteiger partial charge in [0.2, 0.25) is 0 Å². The van der Waals surface area contributed by atoms with Crippen LogP contribution in [0.2, 0.25) is 0 Å². The quantitative estimate of drug-likeness (QED) is 0.943. The average molecular weight is 326 g/mol. The number of amides is 2. The van der Waals surface area contributed by atoms with Crippen molar-refractivity contribution in [2.45, 2.75) is 32.7 Å². The zero-order valence-electron chi connectivity index (χ0n) is 14.0. The van der Waals surface area contributed by atoms with Crippen molar-refractivity contribution in [1.29, 1.82) is 0 Å². The molecule has 1 fully saturated rings. The Hall–Kier alpha value is -2.56. The molecule has 0 aliphatic carbocycles. The van der Waals surface area contributed by atoms with Crippen LogP contribution < -0.4 is 5.32 Å². The number of nitrogens with zero attached hydrogens (tertiary/aromatic N) is 1. The van der Waals surface area contributed by atoms with E-state index >= 15 is 0 Å². The highest BCUT2D eigenvalue weighted by Crippen LogP contribution is 2.16. The first-order chi connectivity index (χ1) is 11.5. The number of rotatable bonds is 3. The van der Waals surface area contributed by atoms with Gasteiger partial charge in [0.25, 0.3) is 11.8 Å². The Kier molecular flexibility index (Phi) is 4.69. The maximum atomic E-state index is 12.4. The minimum atomic E-state index is -0.0438. The predicted octanol–water partition coefficient (Wildman–Crippen LogP) is 2.93. The molecular weight excluding hydrogens is 304 g/mol. The molecule has 3 rings (SSSR count). The highest BCUT2D eigenvalue weighted by atomic mass is 16.3. The average Bonchev–Trinajstić information content (AvgIpc) is 3.12. The van der Waals surface area contributed by atoms with Crippen LogP contribution in [0.5, 0.6) is 0 Å². The summed E-state index contributed by atoms with van der Waals surface area (Å²) in [7, 11) is 0. The first-order valence-corrected chi connectivity index (χ1v) is 8.24. The Morgan fingerprint density at radius 3 is 2.46 bits per heavy atom. The van der Waals surface area contributed by atoms with Crippen molar-refractivity contribution in [2.75, 3.05) is 13.1 Å². The Labute approximate surface area is 141 Å². The first-order valence-electron chi connectivity index (χ1n) is 8.24. The number of piperidine rings is 1. The van der Waals surface area contributed by atoms with Gasteiger partial charge in [-0.3, -0.25) is 9.59 Å². The van der Waals surface area contributed by atoms with E-state index in [1.165, 1.54) is 18.1 Å². The molecule has 126 valence electrons. The monoisotopic (exact) mass is 326 g/mol. The molecule has 1 aliphatic heterocycles. The minimum Gasteiger partial charge on any atom is -0.472 e. The zero-order chi connectivity index (χ0) is 17.1. The van der Waals surface area contributed by atoms with Crippen molar-refractivity contribution in [1.82, 2.24) is 10.2 Å². The van der Waals surface area contributed by atoms with Crippen LogP contribution in [0.15, 0.2) is 41.2 Å². The van der Waals surface area contributed by atoms with E-state index in [1.54, 1.807) is 6.07 Å². The van der Waals surface area contributed by atoms with Crippen molar-refractivity contribution in [2.24, 2.45) is 0 Å². The van der Waals surface area contributed by atoms with Gasteiger partial charge in [-0.05, 0) is 56.0 Å². The van der Waals surface area contributed by atoms with E-state index < -0.39 is 0 Å². The minimum absolute atomic E-state index is 0.0114. The molecule has 5 heteroatoms. The number of carbonyl (C=O) groups is 2. The lowest BCUT2D eigenvalue weighted by atomic mass is 10.0. The maximum absolute atomic E-state index is 12.4. The molecule has 1 N–H and O–H groups in total. The predicted molar refractivity (Wildman–Crippen MR) is 91.0 cm³/mol. The topological polar surface area (TPSA) is 62.6 Å². The number of carbonyl (C=O) groups excluding carboxylic acids is 2. The zero-order valence-corrected chi connectivity index (χ0v) is 14.0. The van der Waals surface area contributed by atoms with E-state index in [1.807, 2.05) is 36.9 Å². The molecule has 1 aromatic carbocycles. The fraction of sp³-hybridized carbons (Fsp3) is 0.368. The van der Waals surface area contributed by atoms with Gasteiger partial charge in [0.15, 0.2) is 0 Å². The van der Waals surface area contributed by atoms with Gasteiger partial charge in [0.1, 0.15) is 6.26 Å². The van der Waals surface area contributed by atoms with E-state index in [0.29, 0.717) is 24.2 Å². The van der Waals surface area contributed by atoms with Crippen LogP contribution in [0, 0.1) is 13.8 Å². The number of benzene rings is 1. The van der Waals surface area contributed by atoms with Crippen molar-refractivity contribution in [3.63, 3.8) is 0 Å². The molecule has 0 radical (unpaired) electrons. The number of hydrogen-bond acceptors (Lipinski definition) is 3. The molecule has 24 heavy (non-hydrogen) atoms. The van der Waals surface area contributed by atoms with Crippen LogP contribution in [0.25, 0.3) is 0 Å². The summed E-state index contributed by atoms with van der Waals surface area (Å²) in [4.78, 5) is 26.4. The third-order valence-electron chi connectivity index (χ3n) is 4.65. The van der Waals surface area contributed by atoms with E-state index in [4.69, 9.17) is 4.42 Å². The fourth-order valence-electron chi connectivity index (χ4n) is 2.95. The Morgan fingerprint density at radius 1 is 1.08 bits per heavy atom. The lowest BCUT2D eigenvalue weighted by Crippen LogP contribution is -2.46. The molecule has 2 aromatic rings. The van der Waals surface area contributed by atoms with Gasteiger partial charge in [-0.1, -0.05) is 6.07 Å². The number of hydrogen-bond donors (Lipinski definition) is 1. The number of likely N-dealkylation sites (tertiary alicyclic amines) is 1. The summed E-state index contributed by atoms with van der Waals surface area (Å²) >= 11 is 0. The molecule has 1 saturated heterocycles. The standard InChI is InChI=1S/C19H22N2O3/c1-13-3-4-15(11-14(13)2)18(22)20-17-5-8-21(9-6-17)19(23)16-7-10-24-12-16/h3-4,7,10-12,17H,5-6,8-9H2,1-2H3,(H,20,22). The Balaban J connectivity index is 1.54. The SMILES string of the molecule is Cc1ccc(C(=O)NC2CCN(C(=O)c3ccoc3)CC2)cc1C. The summed E-state index contributed by atoms with van der Waals surface area (Å²) in [6.07, 6.45) is 4.50. The van der Waals surface area contributed by atoms with E-state index in [9.17, 15) is 9.59 Å². The van der Waals surface area contributed by atoms with Gasteiger partial charge in [-0.2, -0.15) is 0 Å². The van der Waals surface area contributed by atoms with Crippen LogP contribution in [-0.4, -0.2) is 35.8 Å². The number of nitrogens with one attached hydrogen (secondary N) is 1. The van der Waals surface area contributed by atoms with Crippen LogP contribution in [0.1, 0.15) is 44.7 Å². The van der Waals surface area contributed by atoms with E-state index in [-0.39, 0.29) is 17.9 Å². The molecule has 2 heterocycles. The second kappa shape index (κ2) is 6.91. The molecule has 1 aromatic heterocycles. The van der Waals surface area contributed by atoms with E-state index in [2.05, 4.69) is 5.32 Å². The molecule has 2 amide bonds. The summed E-state index contributed by atoms with van der Waals surface area (Å²) in [5, 5.41) is 3.08. The Morgan fingerprint density at radius 2 is 1.83 bits per heavy atom. The molecule has 0 spiro atoms. The normalized spacial score (nSPS) is 15.3. The summed E-state index contributed by atoms with van der Waals surface area (Å²) < 4.78 is 4.96. The maximum Gasteiger partial charge on any atom is 0.257 e. The van der Waals surface area contributed by atoms with Crippen LogP contribution in [-0.2, 0) is 0 Å². The van der Waals surface area contributed by atoms with Gasteiger partial charge in [-0.25, -0.2) is 0 Å². The molecule has 0 saturated carbocycles. The lowest BCUT2D eigenvalue weighted by Gasteiger charge is -2.32. The number of furan rings is 1. The summed E-state index contributed by atoms with van der Waals surface area (Å²) in [5.74, 6) is -0.0552. The summed E-state index contributed by atoms with van der Waals surface area (Å²) in [5.41, 5.74) is 3.56. The fourth-order valence-corrected chi connectivity index (χ4v) is 2.95. The summed E-state index contributed by atoms with van der Waals surface area (Å²) in [6.45, 7) is 5.32. The highest BCUT2D eigenvalue weighted by Gasteiger charge is 2.25. The Bertz CT molecular complexity index is 729. The van der Waals surface area contributed by atoms with Gasteiger partial charge in [0, 0.05) is 24.7 Å². The molecule has 0 bridgehead atoms. The van der Waals surface area contributed by atoms with Gasteiger partial charge in [0.05, 0.1) is 11.8 Å².